The van der Waals surface area contributed by atoms with Crippen LogP contribution in [0, 0.1) is 0 Å². The molecule has 5 heteroatoms. The summed E-state index contributed by atoms with van der Waals surface area (Å²) in [5.41, 5.74) is 0. The number of carbonyl (C=O) groups is 2. The molecule has 1 radical (unpaired) electrons. The van der Waals surface area contributed by atoms with E-state index in [0.29, 0.717) is 0 Å². The van der Waals surface area contributed by atoms with Gasteiger partial charge in [-0.3, -0.25) is 9.59 Å². The predicted octanol–water partition coefficient (Wildman–Crippen LogP) is -0.0549. The summed E-state index contributed by atoms with van der Waals surface area (Å²) in [5, 5.41) is 16.1. The summed E-state index contributed by atoms with van der Waals surface area (Å²) in [6.45, 7) is 0. The second-order valence-corrected chi connectivity index (χ2v) is 1.64. The normalized spacial score (nSPS) is 8.00. The Morgan fingerprint density at radius 2 is 1.30 bits per heavy atom. The van der Waals surface area contributed by atoms with E-state index in [1.54, 1.807) is 0 Å². The van der Waals surface area contributed by atoms with Crippen LogP contribution in [0.2, 0.25) is 0 Å². The van der Waals surface area contributed by atoms with Crippen LogP contribution in [0.25, 0.3) is 0 Å². The Balaban J connectivity index is 0. The molecule has 53 valence electrons. The summed E-state index contributed by atoms with van der Waals surface area (Å²) >= 11 is 0. The van der Waals surface area contributed by atoms with Gasteiger partial charge in [0.1, 0.15) is 0 Å². The van der Waals surface area contributed by atoms with Crippen molar-refractivity contribution >= 4 is 70.1 Å². The third-order valence-electron chi connectivity index (χ3n) is 0.781. The van der Waals surface area contributed by atoms with Gasteiger partial charge < -0.3 is 10.2 Å². The summed E-state index contributed by atoms with van der Waals surface area (Å²) in [6, 6.07) is 0. The van der Waals surface area contributed by atoms with E-state index in [2.05, 4.69) is 0 Å². The summed E-state index contributed by atoms with van der Waals surface area (Å²) in [7, 11) is 0. The molecular weight excluding hydrogens is 210 g/mol. The molecule has 0 aliphatic heterocycles. The summed E-state index contributed by atoms with van der Waals surface area (Å²) in [4.78, 5) is 19.6. The fourth-order valence-corrected chi connectivity index (χ4v) is 0.391. The van der Waals surface area contributed by atoms with E-state index < -0.39 is 11.9 Å². The number of hydrogen-bond donors (Lipinski definition) is 2. The monoisotopic (exact) mass is 217 g/mol. The smallest absolute Gasteiger partial charge is 0.303 e. The standard InChI is InChI=1S/C5H8O4.Rb/c6-4(7)2-1-3-5(8)9;/h1-3H2,(H,6,7)(H,8,9);. The van der Waals surface area contributed by atoms with Crippen molar-refractivity contribution in [2.24, 2.45) is 0 Å². The topological polar surface area (TPSA) is 74.6 Å². The first-order valence-electron chi connectivity index (χ1n) is 2.56. The average molecular weight is 218 g/mol. The maximum Gasteiger partial charge on any atom is 0.303 e. The van der Waals surface area contributed by atoms with E-state index >= 15 is 0 Å². The zero-order valence-corrected chi connectivity index (χ0v) is 10.7. The Hall–Kier alpha value is 0.745. The molecule has 0 aromatic heterocycles. The second kappa shape index (κ2) is 7.85. The largest absolute Gasteiger partial charge is 0.481 e. The first kappa shape index (κ1) is 13.3. The van der Waals surface area contributed by atoms with Gasteiger partial charge in [-0.1, -0.05) is 0 Å². The van der Waals surface area contributed by atoms with Gasteiger partial charge in [-0.25, -0.2) is 0 Å². The summed E-state index contributed by atoms with van der Waals surface area (Å²) in [5.74, 6) is -1.90. The maximum atomic E-state index is 9.79. The van der Waals surface area contributed by atoms with Crippen molar-refractivity contribution in [1.82, 2.24) is 0 Å². The van der Waals surface area contributed by atoms with Crippen LogP contribution < -0.4 is 0 Å². The fourth-order valence-electron chi connectivity index (χ4n) is 0.391. The molecule has 0 aliphatic carbocycles. The molecule has 10 heavy (non-hydrogen) atoms. The molecule has 0 amide bonds. The molecule has 0 rings (SSSR count). The Morgan fingerprint density at radius 1 is 1.00 bits per heavy atom. The van der Waals surface area contributed by atoms with Gasteiger partial charge >= 0.3 is 11.9 Å². The molecule has 4 nitrogen and oxygen atoms in total. The molecule has 0 saturated carbocycles. The third kappa shape index (κ3) is 11.5. The molecule has 0 heterocycles. The molecule has 0 fully saturated rings. The van der Waals surface area contributed by atoms with Gasteiger partial charge in [0.2, 0.25) is 0 Å². The van der Waals surface area contributed by atoms with Crippen molar-refractivity contribution < 1.29 is 19.8 Å². The summed E-state index contributed by atoms with van der Waals surface area (Å²) < 4.78 is 0. The van der Waals surface area contributed by atoms with Gasteiger partial charge in [0.25, 0.3) is 0 Å². The fraction of sp³-hybridized carbons (Fsp3) is 0.600. The van der Waals surface area contributed by atoms with E-state index in [4.69, 9.17) is 10.2 Å². The molecule has 0 bridgehead atoms. The summed E-state index contributed by atoms with van der Waals surface area (Å²) in [6.07, 6.45) is 0.0866. The first-order valence-corrected chi connectivity index (χ1v) is 2.56. The molecule has 0 spiro atoms. The van der Waals surface area contributed by atoms with Crippen LogP contribution in [0.5, 0.6) is 0 Å². The zero-order chi connectivity index (χ0) is 7.28. The Bertz CT molecular complexity index is 109. The van der Waals surface area contributed by atoms with Crippen molar-refractivity contribution in [2.75, 3.05) is 0 Å². The molecule has 0 saturated heterocycles. The van der Waals surface area contributed by atoms with E-state index in [-0.39, 0.29) is 77.4 Å². The van der Waals surface area contributed by atoms with Crippen molar-refractivity contribution in [3.63, 3.8) is 0 Å². The quantitative estimate of drug-likeness (QED) is 0.692. The molecule has 2 N–H and O–H groups in total. The van der Waals surface area contributed by atoms with Crippen LogP contribution in [-0.4, -0.2) is 80.3 Å². The van der Waals surface area contributed by atoms with Crippen molar-refractivity contribution in [2.45, 2.75) is 19.3 Å². The van der Waals surface area contributed by atoms with Crippen LogP contribution in [0.15, 0.2) is 0 Å². The van der Waals surface area contributed by atoms with E-state index in [1.165, 1.54) is 0 Å². The number of rotatable bonds is 4. The van der Waals surface area contributed by atoms with Crippen LogP contribution in [0.1, 0.15) is 19.3 Å². The van der Waals surface area contributed by atoms with Crippen LogP contribution in [-0.2, 0) is 9.59 Å². The number of carboxylic acids is 2. The Kier molecular flexibility index (Phi) is 10.5. The number of aliphatic carboxylic acids is 2. The van der Waals surface area contributed by atoms with E-state index in [1.807, 2.05) is 0 Å². The average Bonchev–Trinajstić information content (AvgIpc) is 1.63. The predicted molar refractivity (Wildman–Crippen MR) is 34.9 cm³/mol. The Labute approximate surface area is 107 Å². The minimum atomic E-state index is -0.948. The third-order valence-corrected chi connectivity index (χ3v) is 0.781. The zero-order valence-electron chi connectivity index (χ0n) is 5.83. The second-order valence-electron chi connectivity index (χ2n) is 1.64. The maximum absolute atomic E-state index is 9.79. The van der Waals surface area contributed by atoms with Crippen molar-refractivity contribution in [3.8, 4) is 0 Å². The van der Waals surface area contributed by atoms with Crippen molar-refractivity contribution in [3.05, 3.63) is 0 Å². The Morgan fingerprint density at radius 3 is 1.50 bits per heavy atom. The van der Waals surface area contributed by atoms with Gasteiger partial charge in [-0.05, 0) is 6.42 Å². The van der Waals surface area contributed by atoms with E-state index in [0.717, 1.165) is 0 Å². The van der Waals surface area contributed by atoms with E-state index in [9.17, 15) is 9.59 Å². The van der Waals surface area contributed by atoms with Gasteiger partial charge in [-0.2, -0.15) is 0 Å². The van der Waals surface area contributed by atoms with Gasteiger partial charge in [0.05, 0.1) is 0 Å². The molecular formula is C5H8O4Rb. The minimum Gasteiger partial charge on any atom is -0.481 e. The van der Waals surface area contributed by atoms with Crippen LogP contribution in [0.3, 0.4) is 0 Å². The SMILES string of the molecule is O=C(O)CCCC(=O)O.[Rb]. The first-order chi connectivity index (χ1) is 4.13. The molecule has 0 unspecified atom stereocenters. The minimum absolute atomic E-state index is 0. The van der Waals surface area contributed by atoms with Crippen molar-refractivity contribution in [1.29, 1.82) is 0 Å². The van der Waals surface area contributed by atoms with Gasteiger partial charge in [-0.15, -0.1) is 0 Å². The molecule has 0 aromatic rings. The number of hydrogen-bond acceptors (Lipinski definition) is 2. The molecule has 0 atom stereocenters. The van der Waals surface area contributed by atoms with Crippen LogP contribution in [0.4, 0.5) is 0 Å². The van der Waals surface area contributed by atoms with Gasteiger partial charge in [0, 0.05) is 71.0 Å². The number of carboxylic acid groups (broad SMARTS) is 2. The van der Waals surface area contributed by atoms with Crippen LogP contribution >= 0.6 is 0 Å². The molecule has 0 aliphatic rings. The van der Waals surface area contributed by atoms with Gasteiger partial charge in [0.15, 0.2) is 0 Å². The molecule has 0 aromatic carbocycles.